The standard InChI is InChI=1S/C12H10O4/c13-8-6-4-2-1-3-5-7-11-10(14)9-12(15)16-11/h10-11,13-14H,7-9H2/t10-,11-/m0/s1. The lowest BCUT2D eigenvalue weighted by Crippen LogP contribution is -2.19. The Morgan fingerprint density at radius 3 is 2.50 bits per heavy atom. The SMILES string of the molecule is O=C1C[C@H](O)[C@H](CC#CC#CC#CCO)O1. The normalized spacial score (nSPS) is 21.8. The highest BCUT2D eigenvalue weighted by molar-refractivity contribution is 5.72. The Morgan fingerprint density at radius 1 is 1.25 bits per heavy atom. The molecule has 1 saturated heterocycles. The van der Waals surface area contributed by atoms with Crippen molar-refractivity contribution >= 4 is 5.97 Å². The highest BCUT2D eigenvalue weighted by atomic mass is 16.6. The number of ether oxygens (including phenoxy) is 1. The lowest BCUT2D eigenvalue weighted by molar-refractivity contribution is -0.141. The molecule has 1 fully saturated rings. The minimum absolute atomic E-state index is 0.0278. The molecular weight excluding hydrogens is 208 g/mol. The highest BCUT2D eigenvalue weighted by Crippen LogP contribution is 2.16. The number of carbonyl (C=O) groups excluding carboxylic acids is 1. The van der Waals surface area contributed by atoms with Gasteiger partial charge in [-0.25, -0.2) is 0 Å². The zero-order valence-electron chi connectivity index (χ0n) is 8.49. The summed E-state index contributed by atoms with van der Waals surface area (Å²) in [4.78, 5) is 10.8. The van der Waals surface area contributed by atoms with Gasteiger partial charge in [0, 0.05) is 6.42 Å². The van der Waals surface area contributed by atoms with Crippen molar-refractivity contribution in [1.82, 2.24) is 0 Å². The lowest BCUT2D eigenvalue weighted by atomic mass is 10.1. The van der Waals surface area contributed by atoms with Crippen LogP contribution in [0.1, 0.15) is 12.8 Å². The van der Waals surface area contributed by atoms with E-state index in [4.69, 9.17) is 9.84 Å². The topological polar surface area (TPSA) is 66.8 Å². The van der Waals surface area contributed by atoms with Gasteiger partial charge < -0.3 is 14.9 Å². The number of rotatable bonds is 1. The van der Waals surface area contributed by atoms with Crippen LogP contribution in [0.4, 0.5) is 0 Å². The van der Waals surface area contributed by atoms with Crippen molar-refractivity contribution in [3.8, 4) is 35.5 Å². The summed E-state index contributed by atoms with van der Waals surface area (Å²) in [5, 5.41) is 17.6. The first kappa shape index (κ1) is 12.1. The molecule has 4 nitrogen and oxygen atoms in total. The molecule has 0 unspecified atom stereocenters. The molecule has 0 spiro atoms. The number of aliphatic hydroxyl groups is 2. The van der Waals surface area contributed by atoms with E-state index in [2.05, 4.69) is 35.5 Å². The van der Waals surface area contributed by atoms with E-state index in [9.17, 15) is 9.90 Å². The maximum atomic E-state index is 10.8. The Balaban J connectivity index is 2.36. The molecule has 4 heteroatoms. The fourth-order valence-corrected chi connectivity index (χ4v) is 1.12. The largest absolute Gasteiger partial charge is 0.458 e. The quantitative estimate of drug-likeness (QED) is 0.440. The van der Waals surface area contributed by atoms with E-state index in [-0.39, 0.29) is 19.4 Å². The van der Waals surface area contributed by atoms with Gasteiger partial charge in [0.15, 0.2) is 0 Å². The number of aliphatic hydroxyl groups excluding tert-OH is 2. The summed E-state index contributed by atoms with van der Waals surface area (Å²) in [5.41, 5.74) is 0. The molecule has 1 rings (SSSR count). The third-order valence-corrected chi connectivity index (χ3v) is 1.83. The Labute approximate surface area is 93.6 Å². The summed E-state index contributed by atoms with van der Waals surface area (Å²) in [7, 11) is 0. The van der Waals surface area contributed by atoms with Gasteiger partial charge in [-0.15, -0.1) is 0 Å². The van der Waals surface area contributed by atoms with Crippen LogP contribution in [0.25, 0.3) is 0 Å². The summed E-state index contributed by atoms with van der Waals surface area (Å²) in [6, 6.07) is 0. The molecule has 0 saturated carbocycles. The Bertz CT molecular complexity index is 433. The molecular formula is C12H10O4. The predicted molar refractivity (Wildman–Crippen MR) is 55.5 cm³/mol. The predicted octanol–water partition coefficient (Wildman–Crippen LogP) is -0.945. The molecule has 0 bridgehead atoms. The van der Waals surface area contributed by atoms with E-state index in [1.807, 2.05) is 0 Å². The van der Waals surface area contributed by atoms with E-state index in [1.165, 1.54) is 0 Å². The molecule has 1 aliphatic rings. The Kier molecular flexibility index (Phi) is 4.96. The smallest absolute Gasteiger partial charge is 0.308 e. The van der Waals surface area contributed by atoms with Crippen LogP contribution < -0.4 is 0 Å². The molecule has 0 radical (unpaired) electrons. The molecule has 1 heterocycles. The fraction of sp³-hybridized carbons (Fsp3) is 0.417. The summed E-state index contributed by atoms with van der Waals surface area (Å²) >= 11 is 0. The number of carbonyl (C=O) groups is 1. The average Bonchev–Trinajstić information content (AvgIpc) is 2.56. The van der Waals surface area contributed by atoms with Crippen LogP contribution in [0.2, 0.25) is 0 Å². The van der Waals surface area contributed by atoms with Gasteiger partial charge in [-0.1, -0.05) is 11.8 Å². The van der Waals surface area contributed by atoms with Crippen LogP contribution in [0.3, 0.4) is 0 Å². The summed E-state index contributed by atoms with van der Waals surface area (Å²) < 4.78 is 4.82. The van der Waals surface area contributed by atoms with E-state index in [0.717, 1.165) is 0 Å². The third-order valence-electron chi connectivity index (χ3n) is 1.83. The van der Waals surface area contributed by atoms with Gasteiger partial charge in [0.25, 0.3) is 0 Å². The zero-order valence-corrected chi connectivity index (χ0v) is 8.49. The minimum Gasteiger partial charge on any atom is -0.458 e. The summed E-state index contributed by atoms with van der Waals surface area (Å²) in [5.74, 6) is 14.4. The minimum atomic E-state index is -0.774. The number of hydrogen-bond donors (Lipinski definition) is 2. The van der Waals surface area contributed by atoms with Gasteiger partial charge in [0.2, 0.25) is 0 Å². The Hall–Kier alpha value is -1.93. The highest BCUT2D eigenvalue weighted by Gasteiger charge is 2.32. The van der Waals surface area contributed by atoms with Crippen LogP contribution >= 0.6 is 0 Å². The molecule has 2 N–H and O–H groups in total. The van der Waals surface area contributed by atoms with Crippen molar-refractivity contribution < 1.29 is 19.7 Å². The van der Waals surface area contributed by atoms with Gasteiger partial charge in [0.1, 0.15) is 18.8 Å². The first-order valence-corrected chi connectivity index (χ1v) is 4.68. The number of esters is 1. The molecule has 2 atom stereocenters. The van der Waals surface area contributed by atoms with Gasteiger partial charge in [0.05, 0.1) is 6.42 Å². The molecule has 0 amide bonds. The van der Waals surface area contributed by atoms with Crippen molar-refractivity contribution in [2.24, 2.45) is 0 Å². The second-order valence-electron chi connectivity index (χ2n) is 3.02. The lowest BCUT2D eigenvalue weighted by Gasteiger charge is -2.07. The molecule has 82 valence electrons. The van der Waals surface area contributed by atoms with Crippen LogP contribution in [0.15, 0.2) is 0 Å². The summed E-state index contributed by atoms with van der Waals surface area (Å²) in [6.07, 6.45) is -1.04. The van der Waals surface area contributed by atoms with Gasteiger partial charge in [-0.2, -0.15) is 0 Å². The first-order chi connectivity index (χ1) is 7.74. The molecule has 0 aromatic carbocycles. The fourth-order valence-electron chi connectivity index (χ4n) is 1.12. The Morgan fingerprint density at radius 2 is 1.94 bits per heavy atom. The first-order valence-electron chi connectivity index (χ1n) is 4.68. The molecule has 0 aromatic heterocycles. The van der Waals surface area contributed by atoms with Crippen molar-refractivity contribution in [1.29, 1.82) is 0 Å². The second-order valence-corrected chi connectivity index (χ2v) is 3.02. The van der Waals surface area contributed by atoms with E-state index in [1.54, 1.807) is 0 Å². The van der Waals surface area contributed by atoms with Gasteiger partial charge in [-0.05, 0) is 23.7 Å². The van der Waals surface area contributed by atoms with Gasteiger partial charge >= 0.3 is 5.97 Å². The van der Waals surface area contributed by atoms with Crippen LogP contribution in [-0.2, 0) is 9.53 Å². The van der Waals surface area contributed by atoms with Crippen LogP contribution in [0.5, 0.6) is 0 Å². The summed E-state index contributed by atoms with van der Waals surface area (Å²) in [6.45, 7) is -0.230. The maximum Gasteiger partial charge on any atom is 0.308 e. The third kappa shape index (κ3) is 4.07. The van der Waals surface area contributed by atoms with Crippen molar-refractivity contribution in [2.75, 3.05) is 6.61 Å². The maximum absolute atomic E-state index is 10.8. The van der Waals surface area contributed by atoms with E-state index in [0.29, 0.717) is 0 Å². The molecule has 0 aromatic rings. The number of cyclic esters (lactones) is 1. The molecule has 1 aliphatic heterocycles. The average molecular weight is 218 g/mol. The monoisotopic (exact) mass is 218 g/mol. The van der Waals surface area contributed by atoms with Crippen molar-refractivity contribution in [3.63, 3.8) is 0 Å². The van der Waals surface area contributed by atoms with Gasteiger partial charge in [-0.3, -0.25) is 4.79 Å². The van der Waals surface area contributed by atoms with Crippen LogP contribution in [0, 0.1) is 35.5 Å². The second kappa shape index (κ2) is 6.53. The zero-order chi connectivity index (χ0) is 11.8. The molecule has 0 aliphatic carbocycles. The number of hydrogen-bond acceptors (Lipinski definition) is 4. The van der Waals surface area contributed by atoms with Crippen molar-refractivity contribution in [2.45, 2.75) is 25.0 Å². The van der Waals surface area contributed by atoms with E-state index < -0.39 is 18.2 Å². The van der Waals surface area contributed by atoms with Crippen molar-refractivity contribution in [3.05, 3.63) is 0 Å². The van der Waals surface area contributed by atoms with Crippen LogP contribution in [-0.4, -0.2) is 35.0 Å². The van der Waals surface area contributed by atoms with E-state index >= 15 is 0 Å². The molecule has 16 heavy (non-hydrogen) atoms.